The highest BCUT2D eigenvalue weighted by molar-refractivity contribution is 5.90. The zero-order valence-corrected chi connectivity index (χ0v) is 12.8. The molecule has 0 unspecified atom stereocenters. The van der Waals surface area contributed by atoms with E-state index in [1.807, 2.05) is 84.9 Å². The van der Waals surface area contributed by atoms with Gasteiger partial charge < -0.3 is 4.74 Å². The molecule has 0 aliphatic rings. The van der Waals surface area contributed by atoms with Gasteiger partial charge in [0, 0.05) is 6.42 Å². The molecule has 3 aromatic carbocycles. The zero-order chi connectivity index (χ0) is 15.9. The van der Waals surface area contributed by atoms with Crippen LogP contribution in [0.4, 0.5) is 0 Å². The van der Waals surface area contributed by atoms with Gasteiger partial charge >= 0.3 is 5.97 Å². The Morgan fingerprint density at radius 1 is 0.696 bits per heavy atom. The number of ether oxygens (including phenoxy) is 1. The van der Waals surface area contributed by atoms with Gasteiger partial charge in [-0.15, -0.1) is 0 Å². The first-order valence-corrected chi connectivity index (χ1v) is 7.69. The molecule has 0 aliphatic heterocycles. The smallest absolute Gasteiger partial charge is 0.338 e. The van der Waals surface area contributed by atoms with Crippen LogP contribution in [0, 0.1) is 0 Å². The summed E-state index contributed by atoms with van der Waals surface area (Å²) in [6.07, 6.45) is 0.731. The number of benzene rings is 3. The Morgan fingerprint density at radius 2 is 1.26 bits per heavy atom. The molecule has 0 spiro atoms. The van der Waals surface area contributed by atoms with Crippen LogP contribution in [0.15, 0.2) is 84.9 Å². The fourth-order valence-electron chi connectivity index (χ4n) is 2.42. The molecule has 0 radical (unpaired) electrons. The van der Waals surface area contributed by atoms with Crippen molar-refractivity contribution in [3.05, 3.63) is 96.1 Å². The van der Waals surface area contributed by atoms with E-state index in [-0.39, 0.29) is 5.97 Å². The van der Waals surface area contributed by atoms with Crippen LogP contribution < -0.4 is 0 Å². The Bertz CT molecular complexity index is 747. The maximum absolute atomic E-state index is 12.1. The minimum absolute atomic E-state index is 0.277. The molecule has 0 N–H and O–H groups in total. The molecule has 2 heteroatoms. The van der Waals surface area contributed by atoms with Crippen LogP contribution >= 0.6 is 0 Å². The van der Waals surface area contributed by atoms with Gasteiger partial charge in [-0.05, 0) is 28.8 Å². The van der Waals surface area contributed by atoms with E-state index in [9.17, 15) is 4.79 Å². The SMILES string of the molecule is O=C(OCCc1ccccc1)c1ccc(-c2ccccc2)cc1. The summed E-state index contributed by atoms with van der Waals surface area (Å²) in [5.41, 5.74) is 3.97. The lowest BCUT2D eigenvalue weighted by molar-refractivity contribution is 0.0509. The van der Waals surface area contributed by atoms with Crippen molar-refractivity contribution >= 4 is 5.97 Å². The van der Waals surface area contributed by atoms with E-state index < -0.39 is 0 Å². The highest BCUT2D eigenvalue weighted by Crippen LogP contribution is 2.19. The summed E-state index contributed by atoms with van der Waals surface area (Å²) in [6, 6.07) is 27.6. The first kappa shape index (κ1) is 15.0. The number of hydrogen-bond acceptors (Lipinski definition) is 2. The topological polar surface area (TPSA) is 26.3 Å². The summed E-state index contributed by atoms with van der Waals surface area (Å²) in [5, 5.41) is 0. The van der Waals surface area contributed by atoms with E-state index in [1.54, 1.807) is 0 Å². The zero-order valence-electron chi connectivity index (χ0n) is 12.8. The third-order valence-electron chi connectivity index (χ3n) is 3.69. The van der Waals surface area contributed by atoms with Crippen molar-refractivity contribution in [2.75, 3.05) is 6.61 Å². The van der Waals surface area contributed by atoms with E-state index >= 15 is 0 Å². The minimum Gasteiger partial charge on any atom is -0.462 e. The molecule has 2 nitrogen and oxygen atoms in total. The van der Waals surface area contributed by atoms with Crippen LogP contribution in [-0.2, 0) is 11.2 Å². The van der Waals surface area contributed by atoms with Gasteiger partial charge in [-0.3, -0.25) is 0 Å². The van der Waals surface area contributed by atoms with Crippen LogP contribution in [0.1, 0.15) is 15.9 Å². The monoisotopic (exact) mass is 302 g/mol. The molecule has 0 atom stereocenters. The van der Waals surface area contributed by atoms with Crippen molar-refractivity contribution in [2.24, 2.45) is 0 Å². The Balaban J connectivity index is 1.58. The molecule has 3 aromatic rings. The molecule has 0 amide bonds. The average Bonchev–Trinajstić information content (AvgIpc) is 2.63. The lowest BCUT2D eigenvalue weighted by Crippen LogP contribution is -2.08. The maximum atomic E-state index is 12.1. The number of carbonyl (C=O) groups excluding carboxylic acids is 1. The molecule has 0 fully saturated rings. The third-order valence-corrected chi connectivity index (χ3v) is 3.69. The van der Waals surface area contributed by atoms with Gasteiger partial charge in [0.1, 0.15) is 0 Å². The van der Waals surface area contributed by atoms with Gasteiger partial charge in [-0.2, -0.15) is 0 Å². The predicted octanol–water partition coefficient (Wildman–Crippen LogP) is 4.75. The predicted molar refractivity (Wildman–Crippen MR) is 92.3 cm³/mol. The summed E-state index contributed by atoms with van der Waals surface area (Å²) in [6.45, 7) is 0.392. The minimum atomic E-state index is -0.277. The average molecular weight is 302 g/mol. The van der Waals surface area contributed by atoms with Crippen LogP contribution in [0.2, 0.25) is 0 Å². The van der Waals surface area contributed by atoms with Crippen LogP contribution in [0.5, 0.6) is 0 Å². The van der Waals surface area contributed by atoms with E-state index in [0.29, 0.717) is 12.2 Å². The molecule has 0 bridgehead atoms. The van der Waals surface area contributed by atoms with Gasteiger partial charge in [0.25, 0.3) is 0 Å². The van der Waals surface area contributed by atoms with Crippen molar-refractivity contribution in [2.45, 2.75) is 6.42 Å². The van der Waals surface area contributed by atoms with E-state index in [4.69, 9.17) is 4.74 Å². The molecule has 3 rings (SSSR count). The van der Waals surface area contributed by atoms with Gasteiger partial charge in [0.05, 0.1) is 12.2 Å². The van der Waals surface area contributed by atoms with E-state index in [1.165, 1.54) is 5.56 Å². The summed E-state index contributed by atoms with van der Waals surface area (Å²) in [5.74, 6) is -0.277. The number of esters is 1. The highest BCUT2D eigenvalue weighted by Gasteiger charge is 2.07. The van der Waals surface area contributed by atoms with Crippen LogP contribution in [0.3, 0.4) is 0 Å². The molecule has 0 saturated heterocycles. The highest BCUT2D eigenvalue weighted by atomic mass is 16.5. The fraction of sp³-hybridized carbons (Fsp3) is 0.0952. The van der Waals surface area contributed by atoms with Crippen LogP contribution in [-0.4, -0.2) is 12.6 Å². The van der Waals surface area contributed by atoms with Crippen molar-refractivity contribution < 1.29 is 9.53 Å². The second-order valence-corrected chi connectivity index (χ2v) is 5.31. The first-order valence-electron chi connectivity index (χ1n) is 7.69. The summed E-state index contributed by atoms with van der Waals surface area (Å²) in [4.78, 5) is 12.1. The Labute approximate surface area is 136 Å². The standard InChI is InChI=1S/C21H18O2/c22-21(23-16-15-17-7-3-1-4-8-17)20-13-11-19(12-14-20)18-9-5-2-6-10-18/h1-14H,15-16H2. The summed E-state index contributed by atoms with van der Waals surface area (Å²) in [7, 11) is 0. The Morgan fingerprint density at radius 3 is 1.91 bits per heavy atom. The summed E-state index contributed by atoms with van der Waals surface area (Å²) >= 11 is 0. The number of hydrogen-bond donors (Lipinski definition) is 0. The molecule has 114 valence electrons. The molecular weight excluding hydrogens is 284 g/mol. The van der Waals surface area contributed by atoms with Crippen molar-refractivity contribution in [1.82, 2.24) is 0 Å². The van der Waals surface area contributed by atoms with Crippen molar-refractivity contribution in [3.8, 4) is 11.1 Å². The largest absolute Gasteiger partial charge is 0.462 e. The molecule has 23 heavy (non-hydrogen) atoms. The second-order valence-electron chi connectivity index (χ2n) is 5.31. The molecular formula is C21H18O2. The molecule has 0 aromatic heterocycles. The van der Waals surface area contributed by atoms with Crippen molar-refractivity contribution in [1.29, 1.82) is 0 Å². The van der Waals surface area contributed by atoms with Crippen molar-refractivity contribution in [3.63, 3.8) is 0 Å². The lowest BCUT2D eigenvalue weighted by Gasteiger charge is -2.06. The number of carbonyl (C=O) groups is 1. The number of rotatable bonds is 5. The van der Waals surface area contributed by atoms with Gasteiger partial charge in [0.15, 0.2) is 0 Å². The van der Waals surface area contributed by atoms with Gasteiger partial charge in [-0.1, -0.05) is 72.8 Å². The first-order chi connectivity index (χ1) is 11.3. The Kier molecular flexibility index (Phi) is 4.85. The third kappa shape index (κ3) is 4.07. The Hall–Kier alpha value is -2.87. The van der Waals surface area contributed by atoms with E-state index in [2.05, 4.69) is 0 Å². The quantitative estimate of drug-likeness (QED) is 0.636. The fourth-order valence-corrected chi connectivity index (χ4v) is 2.42. The maximum Gasteiger partial charge on any atom is 0.338 e. The normalized spacial score (nSPS) is 10.3. The lowest BCUT2D eigenvalue weighted by atomic mass is 10.0. The molecule has 0 aliphatic carbocycles. The molecule has 0 heterocycles. The second kappa shape index (κ2) is 7.41. The van der Waals surface area contributed by atoms with Gasteiger partial charge in [-0.25, -0.2) is 4.79 Å². The summed E-state index contributed by atoms with van der Waals surface area (Å²) < 4.78 is 5.34. The van der Waals surface area contributed by atoms with Gasteiger partial charge in [0.2, 0.25) is 0 Å². The van der Waals surface area contributed by atoms with Crippen LogP contribution in [0.25, 0.3) is 11.1 Å². The molecule has 0 saturated carbocycles. The van der Waals surface area contributed by atoms with E-state index in [0.717, 1.165) is 17.5 Å².